The van der Waals surface area contributed by atoms with E-state index in [2.05, 4.69) is 20.0 Å². The summed E-state index contributed by atoms with van der Waals surface area (Å²) in [7, 11) is 1.50. The fourth-order valence-electron chi connectivity index (χ4n) is 4.64. The number of piperidine rings is 1. The van der Waals surface area contributed by atoms with Crippen LogP contribution in [-0.2, 0) is 4.84 Å². The van der Waals surface area contributed by atoms with Crippen molar-refractivity contribution < 1.29 is 9.23 Å². The zero-order valence-corrected chi connectivity index (χ0v) is 19.8. The number of nitrogens with zero attached hydrogens (tertiary/aromatic N) is 4. The first kappa shape index (κ1) is 22.8. The molecule has 9 heteroatoms. The first-order valence-corrected chi connectivity index (χ1v) is 11.6. The highest BCUT2D eigenvalue weighted by Gasteiger charge is 2.26. The number of pyridine rings is 1. The van der Waals surface area contributed by atoms with Crippen molar-refractivity contribution in [2.45, 2.75) is 25.8 Å². The molecule has 3 heterocycles. The number of fused-ring (bicyclic) bond motifs is 1. The molecule has 0 bridgehead atoms. The van der Waals surface area contributed by atoms with E-state index in [4.69, 9.17) is 21.3 Å². The normalized spacial score (nSPS) is 14.8. The van der Waals surface area contributed by atoms with Gasteiger partial charge in [-0.25, -0.2) is 14.4 Å². The Balaban J connectivity index is 1.71. The number of aromatic nitrogens is 3. The standard InChI is InChI=1S/C26H28FN7O/c1-15-9-17(12-18(27)10-15)20-14-30-25(29)23(24(20)34-7-5-19(28)6-8-34)26-32-21-4-3-16(13-31-35-2)11-22(21)33-26/h3-4,9-14,19H,5-8,28H2,1-2H3,(H2,29,30)(H,32,33). The number of aryl methyl sites for hydroxylation is 1. The van der Waals surface area contributed by atoms with E-state index in [1.165, 1.54) is 19.2 Å². The van der Waals surface area contributed by atoms with Gasteiger partial charge in [0.2, 0.25) is 0 Å². The molecule has 0 spiro atoms. The van der Waals surface area contributed by atoms with Gasteiger partial charge in [0.1, 0.15) is 24.6 Å². The Morgan fingerprint density at radius 3 is 2.74 bits per heavy atom. The number of hydrogen-bond donors (Lipinski definition) is 3. The monoisotopic (exact) mass is 473 g/mol. The molecule has 1 aliphatic rings. The first-order chi connectivity index (χ1) is 16.9. The Hall–Kier alpha value is -3.98. The van der Waals surface area contributed by atoms with Crippen molar-refractivity contribution in [3.05, 3.63) is 59.5 Å². The third kappa shape index (κ3) is 4.54. The van der Waals surface area contributed by atoms with Crippen molar-refractivity contribution in [1.82, 2.24) is 15.0 Å². The average molecular weight is 474 g/mol. The lowest BCUT2D eigenvalue weighted by atomic mass is 9.97. The number of anilines is 2. The minimum atomic E-state index is -0.293. The molecular formula is C26H28FN7O. The average Bonchev–Trinajstić information content (AvgIpc) is 3.25. The molecule has 180 valence electrons. The first-order valence-electron chi connectivity index (χ1n) is 11.6. The predicted molar refractivity (Wildman–Crippen MR) is 138 cm³/mol. The SMILES string of the molecule is CON=Cc1ccc2[nH]c(-c3c(N)ncc(-c4cc(C)cc(F)c4)c3N3CCC(N)CC3)nc2c1. The minimum Gasteiger partial charge on any atom is -0.399 e. The number of imidazole rings is 1. The molecule has 0 amide bonds. The second-order valence-electron chi connectivity index (χ2n) is 8.90. The molecule has 0 radical (unpaired) electrons. The van der Waals surface area contributed by atoms with Crippen LogP contribution in [-0.4, -0.2) is 47.4 Å². The summed E-state index contributed by atoms with van der Waals surface area (Å²) in [6, 6.07) is 10.9. The fraction of sp³-hybridized carbons (Fsp3) is 0.269. The zero-order valence-electron chi connectivity index (χ0n) is 19.8. The molecule has 1 fully saturated rings. The van der Waals surface area contributed by atoms with E-state index in [1.807, 2.05) is 31.2 Å². The molecule has 35 heavy (non-hydrogen) atoms. The van der Waals surface area contributed by atoms with E-state index >= 15 is 0 Å². The van der Waals surface area contributed by atoms with Gasteiger partial charge in [0.05, 0.1) is 28.5 Å². The van der Waals surface area contributed by atoms with Crippen LogP contribution in [0.3, 0.4) is 0 Å². The molecule has 0 atom stereocenters. The number of halogens is 1. The van der Waals surface area contributed by atoms with Gasteiger partial charge in [-0.2, -0.15) is 0 Å². The fourth-order valence-corrected chi connectivity index (χ4v) is 4.64. The Bertz CT molecular complexity index is 1390. The quantitative estimate of drug-likeness (QED) is 0.295. The number of H-pyrrole nitrogens is 1. The van der Waals surface area contributed by atoms with Crippen LogP contribution in [0.25, 0.3) is 33.5 Å². The third-order valence-electron chi connectivity index (χ3n) is 6.34. The molecule has 8 nitrogen and oxygen atoms in total. The summed E-state index contributed by atoms with van der Waals surface area (Å²) >= 11 is 0. The smallest absolute Gasteiger partial charge is 0.144 e. The van der Waals surface area contributed by atoms with Crippen LogP contribution in [0.15, 0.2) is 47.8 Å². The number of aromatic amines is 1. The van der Waals surface area contributed by atoms with Crippen molar-refractivity contribution in [2.24, 2.45) is 10.9 Å². The Morgan fingerprint density at radius 1 is 1.20 bits per heavy atom. The highest BCUT2D eigenvalue weighted by atomic mass is 19.1. The van der Waals surface area contributed by atoms with Crippen LogP contribution in [0.2, 0.25) is 0 Å². The number of nitrogen functional groups attached to an aromatic ring is 1. The van der Waals surface area contributed by atoms with Crippen LogP contribution in [0.5, 0.6) is 0 Å². The highest BCUT2D eigenvalue weighted by molar-refractivity contribution is 5.96. The van der Waals surface area contributed by atoms with Gasteiger partial charge >= 0.3 is 0 Å². The maximum absolute atomic E-state index is 14.4. The number of benzene rings is 2. The summed E-state index contributed by atoms with van der Waals surface area (Å²) in [4.78, 5) is 19.8. The maximum atomic E-state index is 14.4. The molecule has 1 saturated heterocycles. The number of nitrogens with one attached hydrogen (secondary N) is 1. The summed E-state index contributed by atoms with van der Waals surface area (Å²) in [6.07, 6.45) is 5.05. The molecule has 2 aromatic heterocycles. The van der Waals surface area contributed by atoms with Gasteiger partial charge in [0.15, 0.2) is 0 Å². The van der Waals surface area contributed by atoms with Crippen molar-refractivity contribution in [3.8, 4) is 22.5 Å². The summed E-state index contributed by atoms with van der Waals surface area (Å²) in [5.41, 5.74) is 19.1. The van der Waals surface area contributed by atoms with Gasteiger partial charge in [0, 0.05) is 30.9 Å². The predicted octanol–water partition coefficient (Wildman–Crippen LogP) is 4.23. The molecule has 5 N–H and O–H groups in total. The Kier molecular flexibility index (Phi) is 6.08. The summed E-state index contributed by atoms with van der Waals surface area (Å²) in [5.74, 6) is 0.664. The largest absolute Gasteiger partial charge is 0.399 e. The van der Waals surface area contributed by atoms with Crippen molar-refractivity contribution in [3.63, 3.8) is 0 Å². The topological polar surface area (TPSA) is 118 Å². The molecular weight excluding hydrogens is 445 g/mol. The van der Waals surface area contributed by atoms with E-state index in [0.717, 1.165) is 64.9 Å². The number of oxime groups is 1. The summed E-state index contributed by atoms with van der Waals surface area (Å²) in [6.45, 7) is 3.40. The maximum Gasteiger partial charge on any atom is 0.144 e. The van der Waals surface area contributed by atoms with E-state index in [1.54, 1.807) is 12.4 Å². The van der Waals surface area contributed by atoms with Crippen LogP contribution in [0, 0.1) is 12.7 Å². The van der Waals surface area contributed by atoms with Gasteiger partial charge in [-0.15, -0.1) is 0 Å². The van der Waals surface area contributed by atoms with E-state index < -0.39 is 0 Å². The second kappa shape index (κ2) is 9.34. The number of rotatable bonds is 5. The molecule has 4 aromatic rings. The molecule has 5 rings (SSSR count). The highest BCUT2D eigenvalue weighted by Crippen LogP contribution is 2.42. The molecule has 0 saturated carbocycles. The third-order valence-corrected chi connectivity index (χ3v) is 6.34. The lowest BCUT2D eigenvalue weighted by Crippen LogP contribution is -2.40. The van der Waals surface area contributed by atoms with Crippen molar-refractivity contribution in [1.29, 1.82) is 0 Å². The van der Waals surface area contributed by atoms with Crippen LogP contribution in [0.1, 0.15) is 24.0 Å². The van der Waals surface area contributed by atoms with Crippen molar-refractivity contribution >= 4 is 28.8 Å². The zero-order chi connectivity index (χ0) is 24.5. The summed E-state index contributed by atoms with van der Waals surface area (Å²) < 4.78 is 14.4. The van der Waals surface area contributed by atoms with Crippen LogP contribution < -0.4 is 16.4 Å². The van der Waals surface area contributed by atoms with Crippen LogP contribution >= 0.6 is 0 Å². The minimum absolute atomic E-state index is 0.159. The van der Waals surface area contributed by atoms with E-state index in [0.29, 0.717) is 17.2 Å². The Morgan fingerprint density at radius 2 is 2.00 bits per heavy atom. The van der Waals surface area contributed by atoms with E-state index in [9.17, 15) is 4.39 Å². The molecule has 0 unspecified atom stereocenters. The molecule has 2 aromatic carbocycles. The molecule has 1 aliphatic heterocycles. The van der Waals surface area contributed by atoms with Gasteiger partial charge < -0.3 is 26.2 Å². The summed E-state index contributed by atoms with van der Waals surface area (Å²) in [5, 5.41) is 3.83. The van der Waals surface area contributed by atoms with Crippen LogP contribution in [0.4, 0.5) is 15.9 Å². The number of nitrogens with two attached hydrogens (primary N) is 2. The van der Waals surface area contributed by atoms with Crippen molar-refractivity contribution in [2.75, 3.05) is 30.8 Å². The van der Waals surface area contributed by atoms with Gasteiger partial charge in [0.25, 0.3) is 0 Å². The molecule has 0 aliphatic carbocycles. The van der Waals surface area contributed by atoms with E-state index in [-0.39, 0.29) is 11.9 Å². The van der Waals surface area contributed by atoms with Gasteiger partial charge in [-0.3, -0.25) is 0 Å². The van der Waals surface area contributed by atoms with Gasteiger partial charge in [-0.05, 0) is 60.7 Å². The lowest BCUT2D eigenvalue weighted by Gasteiger charge is -2.34. The lowest BCUT2D eigenvalue weighted by molar-refractivity contribution is 0.215. The Labute approximate surface area is 202 Å². The second-order valence-corrected chi connectivity index (χ2v) is 8.90. The number of hydrogen-bond acceptors (Lipinski definition) is 7. The van der Waals surface area contributed by atoms with Gasteiger partial charge in [-0.1, -0.05) is 17.3 Å².